The molecule has 1 aliphatic rings. The number of carbonyl (C=O) groups is 1. The van der Waals surface area contributed by atoms with E-state index in [1.165, 1.54) is 36.4 Å². The van der Waals surface area contributed by atoms with Gasteiger partial charge >= 0.3 is 5.97 Å². The minimum atomic E-state index is -1.62. The molecule has 2 aromatic carbocycles. The van der Waals surface area contributed by atoms with Gasteiger partial charge in [-0.2, -0.15) is 0 Å². The molecule has 5 atom stereocenters. The highest BCUT2D eigenvalue weighted by Crippen LogP contribution is 2.27. The van der Waals surface area contributed by atoms with Crippen molar-refractivity contribution in [2.75, 3.05) is 13.2 Å². The average molecular weight is 478 g/mol. The fraction of sp³-hybridized carbons (Fsp3) is 0.348. The highest BCUT2D eigenvalue weighted by atomic mass is 16.7. The molecule has 0 aliphatic carbocycles. The van der Waals surface area contributed by atoms with E-state index in [9.17, 15) is 40.5 Å². The maximum Gasteiger partial charge on any atom is 0.330 e. The maximum absolute atomic E-state index is 12.0. The SMILES string of the molecule is O=C(C=Cc1ccc(O)c(O)c1)OC[C@H]1O[C@H](OCCc2ccc(O)c(O)c2)[C@H](O)[C@@H](O)[C@@H]1O. The number of esters is 1. The van der Waals surface area contributed by atoms with Gasteiger partial charge in [-0.3, -0.25) is 0 Å². The van der Waals surface area contributed by atoms with Crippen LogP contribution in [0.3, 0.4) is 0 Å². The lowest BCUT2D eigenvalue weighted by atomic mass is 9.99. The van der Waals surface area contributed by atoms with Crippen molar-refractivity contribution in [1.29, 1.82) is 0 Å². The molecule has 0 unspecified atom stereocenters. The van der Waals surface area contributed by atoms with Gasteiger partial charge in [-0.1, -0.05) is 12.1 Å². The van der Waals surface area contributed by atoms with E-state index >= 15 is 0 Å². The molecule has 11 nitrogen and oxygen atoms in total. The summed E-state index contributed by atoms with van der Waals surface area (Å²) in [7, 11) is 0. The number of benzene rings is 2. The van der Waals surface area contributed by atoms with E-state index in [2.05, 4.69) is 0 Å². The van der Waals surface area contributed by atoms with Crippen LogP contribution in [-0.2, 0) is 25.4 Å². The second-order valence-electron chi connectivity index (χ2n) is 7.67. The van der Waals surface area contributed by atoms with Crippen LogP contribution in [0.25, 0.3) is 6.08 Å². The third kappa shape index (κ3) is 6.37. The molecule has 0 bridgehead atoms. The number of carbonyl (C=O) groups excluding carboxylic acids is 1. The maximum atomic E-state index is 12.0. The van der Waals surface area contributed by atoms with Crippen LogP contribution in [0.15, 0.2) is 42.5 Å². The first kappa shape index (κ1) is 25.3. The molecule has 0 saturated carbocycles. The van der Waals surface area contributed by atoms with Crippen LogP contribution in [0.5, 0.6) is 23.0 Å². The molecule has 0 radical (unpaired) electrons. The highest BCUT2D eigenvalue weighted by molar-refractivity contribution is 5.87. The summed E-state index contributed by atoms with van der Waals surface area (Å²) in [5.41, 5.74) is 1.07. The molecular weight excluding hydrogens is 452 g/mol. The Labute approximate surface area is 194 Å². The van der Waals surface area contributed by atoms with E-state index in [1.54, 1.807) is 6.07 Å². The number of aliphatic hydroxyl groups is 3. The summed E-state index contributed by atoms with van der Waals surface area (Å²) in [5.74, 6) is -2.00. The standard InChI is InChI=1S/C23H26O11/c24-14-4-1-12(9-16(14)26)3-6-19(28)33-11-18-20(29)21(30)22(31)23(34-18)32-8-7-13-2-5-15(25)17(27)10-13/h1-6,9-10,18,20-27,29-31H,7-8,11H2/t18-,20-,21+,22-,23+/m1/s1. The van der Waals surface area contributed by atoms with Crippen molar-refractivity contribution < 1.29 is 54.8 Å². The van der Waals surface area contributed by atoms with E-state index in [0.29, 0.717) is 11.1 Å². The van der Waals surface area contributed by atoms with Gasteiger partial charge in [0.25, 0.3) is 0 Å². The first-order valence-corrected chi connectivity index (χ1v) is 10.3. The highest BCUT2D eigenvalue weighted by Gasteiger charge is 2.44. The molecule has 0 amide bonds. The lowest BCUT2D eigenvalue weighted by molar-refractivity contribution is -0.301. The fourth-order valence-corrected chi connectivity index (χ4v) is 3.23. The van der Waals surface area contributed by atoms with Crippen molar-refractivity contribution >= 4 is 12.0 Å². The minimum Gasteiger partial charge on any atom is -0.504 e. The molecule has 1 aliphatic heterocycles. The molecule has 0 spiro atoms. The van der Waals surface area contributed by atoms with Crippen LogP contribution in [-0.4, -0.2) is 85.6 Å². The van der Waals surface area contributed by atoms with Gasteiger partial charge in [-0.15, -0.1) is 0 Å². The lowest BCUT2D eigenvalue weighted by Crippen LogP contribution is -2.59. The Hall–Kier alpha value is -3.35. The Balaban J connectivity index is 1.52. The van der Waals surface area contributed by atoms with Gasteiger partial charge in [-0.25, -0.2) is 4.79 Å². The van der Waals surface area contributed by atoms with Gasteiger partial charge in [0.1, 0.15) is 31.0 Å². The third-order valence-electron chi connectivity index (χ3n) is 5.18. The second-order valence-corrected chi connectivity index (χ2v) is 7.67. The van der Waals surface area contributed by atoms with E-state index in [-0.39, 0.29) is 36.0 Å². The Kier molecular flexibility index (Phi) is 8.31. The summed E-state index contributed by atoms with van der Waals surface area (Å²) in [6.07, 6.45) is -4.53. The smallest absolute Gasteiger partial charge is 0.330 e. The van der Waals surface area contributed by atoms with Crippen LogP contribution in [0.4, 0.5) is 0 Å². The van der Waals surface area contributed by atoms with E-state index in [1.807, 2.05) is 0 Å². The molecule has 2 aromatic rings. The second kappa shape index (κ2) is 11.2. The number of hydrogen-bond donors (Lipinski definition) is 7. The number of ether oxygens (including phenoxy) is 3. The van der Waals surface area contributed by atoms with E-state index < -0.39 is 43.3 Å². The summed E-state index contributed by atoms with van der Waals surface area (Å²) in [6, 6.07) is 8.21. The van der Waals surface area contributed by atoms with Crippen molar-refractivity contribution in [1.82, 2.24) is 0 Å². The predicted molar refractivity (Wildman–Crippen MR) is 116 cm³/mol. The minimum absolute atomic E-state index is 0.0173. The average Bonchev–Trinajstić information content (AvgIpc) is 2.81. The summed E-state index contributed by atoms with van der Waals surface area (Å²) in [6.45, 7) is -0.426. The van der Waals surface area contributed by atoms with Crippen LogP contribution in [0, 0.1) is 0 Å². The van der Waals surface area contributed by atoms with Gasteiger partial charge < -0.3 is 50.0 Å². The number of aromatic hydroxyl groups is 4. The number of aliphatic hydroxyl groups excluding tert-OH is 3. The largest absolute Gasteiger partial charge is 0.504 e. The van der Waals surface area contributed by atoms with Crippen molar-refractivity contribution in [2.45, 2.75) is 37.1 Å². The fourth-order valence-electron chi connectivity index (χ4n) is 3.23. The first-order valence-electron chi connectivity index (χ1n) is 10.3. The predicted octanol–water partition coefficient (Wildman–Crippen LogP) is 0.132. The normalized spacial score (nSPS) is 24.9. The summed E-state index contributed by atoms with van der Waals surface area (Å²) >= 11 is 0. The number of phenols is 4. The molecule has 0 aromatic heterocycles. The monoisotopic (exact) mass is 478 g/mol. The Morgan fingerprint density at radius 3 is 2.24 bits per heavy atom. The number of phenolic OH excluding ortho intramolecular Hbond substituents is 4. The zero-order chi connectivity index (χ0) is 24.8. The summed E-state index contributed by atoms with van der Waals surface area (Å²) in [5, 5.41) is 68.1. The number of rotatable bonds is 8. The molecule has 1 saturated heterocycles. The zero-order valence-corrected chi connectivity index (χ0v) is 17.9. The van der Waals surface area contributed by atoms with Crippen LogP contribution >= 0.6 is 0 Å². The van der Waals surface area contributed by atoms with Crippen molar-refractivity contribution in [3.05, 3.63) is 53.6 Å². The van der Waals surface area contributed by atoms with Gasteiger partial charge in [0.2, 0.25) is 0 Å². The summed E-state index contributed by atoms with van der Waals surface area (Å²) in [4.78, 5) is 12.0. The van der Waals surface area contributed by atoms with E-state index in [0.717, 1.165) is 6.08 Å². The Morgan fingerprint density at radius 2 is 1.56 bits per heavy atom. The Morgan fingerprint density at radius 1 is 0.882 bits per heavy atom. The molecule has 34 heavy (non-hydrogen) atoms. The van der Waals surface area contributed by atoms with Gasteiger partial charge in [0.05, 0.1) is 6.61 Å². The third-order valence-corrected chi connectivity index (χ3v) is 5.18. The molecular formula is C23H26O11. The topological polar surface area (TPSA) is 186 Å². The van der Waals surface area contributed by atoms with Crippen molar-refractivity contribution in [2.24, 2.45) is 0 Å². The molecule has 11 heteroatoms. The molecule has 7 N–H and O–H groups in total. The molecule has 3 rings (SSSR count). The first-order chi connectivity index (χ1) is 16.2. The van der Waals surface area contributed by atoms with Crippen molar-refractivity contribution in [3.8, 4) is 23.0 Å². The lowest BCUT2D eigenvalue weighted by Gasteiger charge is -2.39. The quantitative estimate of drug-likeness (QED) is 0.155. The summed E-state index contributed by atoms with van der Waals surface area (Å²) < 4.78 is 16.0. The van der Waals surface area contributed by atoms with Crippen LogP contribution in [0.1, 0.15) is 11.1 Å². The van der Waals surface area contributed by atoms with E-state index in [4.69, 9.17) is 14.2 Å². The number of hydrogen-bond acceptors (Lipinski definition) is 11. The van der Waals surface area contributed by atoms with Crippen molar-refractivity contribution in [3.63, 3.8) is 0 Å². The Bertz CT molecular complexity index is 1020. The van der Waals surface area contributed by atoms with Crippen LogP contribution in [0.2, 0.25) is 0 Å². The molecule has 184 valence electrons. The molecule has 1 fully saturated rings. The molecule has 1 heterocycles. The van der Waals surface area contributed by atoms with Gasteiger partial charge in [0, 0.05) is 6.08 Å². The zero-order valence-electron chi connectivity index (χ0n) is 17.9. The van der Waals surface area contributed by atoms with Gasteiger partial charge in [0.15, 0.2) is 29.3 Å². The van der Waals surface area contributed by atoms with Gasteiger partial charge in [-0.05, 0) is 47.9 Å². The van der Waals surface area contributed by atoms with Crippen LogP contribution < -0.4 is 0 Å².